The highest BCUT2D eigenvalue weighted by Gasteiger charge is 2.20. The first-order chi connectivity index (χ1) is 36.8. The fraction of sp³-hybridized carbons (Fsp3) is 0.0625. The molecule has 10 nitrogen and oxygen atoms in total. The van der Waals surface area contributed by atoms with Gasteiger partial charge in [0.05, 0.1) is 29.4 Å². The highest BCUT2D eigenvalue weighted by molar-refractivity contribution is 7.92. The summed E-state index contributed by atoms with van der Waals surface area (Å²) in [5.74, 6) is 2.80. The maximum atomic E-state index is 12.9. The Kier molecular flexibility index (Phi) is 16.9. The van der Waals surface area contributed by atoms with Gasteiger partial charge in [-0.25, -0.2) is 25.3 Å². The third-order valence-corrected chi connectivity index (χ3v) is 17.5. The van der Waals surface area contributed by atoms with Gasteiger partial charge in [-0.15, -0.1) is 0 Å². The number of benzene rings is 10. The van der Waals surface area contributed by atoms with Gasteiger partial charge < -0.3 is 19.7 Å². The molecule has 0 unspecified atom stereocenters. The molecule has 0 atom stereocenters. The molecule has 0 fully saturated rings. The summed E-state index contributed by atoms with van der Waals surface area (Å²) in [6.07, 6.45) is 0. The summed E-state index contributed by atoms with van der Waals surface area (Å²) in [5, 5.41) is 18.2. The summed E-state index contributed by atoms with van der Waals surface area (Å²) in [4.78, 5) is 1.59. The quantitative estimate of drug-likeness (QED) is 0.120. The molecule has 0 spiro atoms. The summed E-state index contributed by atoms with van der Waals surface area (Å²) in [6, 6.07) is 69.2. The van der Waals surface area contributed by atoms with Crippen LogP contribution in [0.25, 0.3) is 22.3 Å². The number of aryl methyl sites for hydroxylation is 4. The van der Waals surface area contributed by atoms with Crippen LogP contribution in [0.4, 0.5) is 0 Å². The largest absolute Gasteiger partial charge is 0.508 e. The molecule has 0 aromatic heterocycles. The second-order valence-corrected chi connectivity index (χ2v) is 23.9. The number of ether oxygens (including phenoxy) is 2. The van der Waals surface area contributed by atoms with E-state index in [1.165, 1.54) is 0 Å². The Morgan fingerprint density at radius 1 is 0.234 bits per heavy atom. The van der Waals surface area contributed by atoms with Crippen molar-refractivity contribution < 1.29 is 44.9 Å². The molecule has 0 aliphatic carbocycles. The van der Waals surface area contributed by atoms with Crippen LogP contribution in [0.2, 0.25) is 0 Å². The molecule has 10 rings (SSSR count). The van der Waals surface area contributed by atoms with Crippen molar-refractivity contribution in [2.75, 3.05) is 0 Å². The lowest BCUT2D eigenvalue weighted by atomic mass is 10.1. The van der Waals surface area contributed by atoms with Crippen molar-refractivity contribution in [3.8, 4) is 56.8 Å². The molecule has 13 heteroatoms. The van der Waals surface area contributed by atoms with Gasteiger partial charge in [0.2, 0.25) is 29.5 Å². The van der Waals surface area contributed by atoms with Crippen LogP contribution in [-0.4, -0.2) is 35.5 Å². The van der Waals surface area contributed by atoms with Crippen LogP contribution in [0.1, 0.15) is 22.3 Å². The lowest BCUT2D eigenvalue weighted by Gasteiger charge is -2.10. The molecule has 0 amide bonds. The number of phenolic OH excluding ortho intramolecular Hbond substituents is 2. The summed E-state index contributed by atoms with van der Waals surface area (Å²) in [7, 11) is -10.6. The molecule has 0 radical (unpaired) electrons. The van der Waals surface area contributed by atoms with Gasteiger partial charge in [0.25, 0.3) is 0 Å². The van der Waals surface area contributed by atoms with Crippen molar-refractivity contribution in [2.24, 2.45) is 0 Å². The SMILES string of the molecule is Cc1ccc(S(=O)(=O)c2ccc(C)cc2)cc1.Cc1ccc(S(=O)(=O)c2ccc(Oc3ccc(-c4ccc(Oc5ccc(S(=O)(=O)c6ccc(C)cc6)cc5)cc4)cc3)cc2)cc1.Oc1ccc(-c2ccc(O)cc2)cc1. The zero-order valence-electron chi connectivity index (χ0n) is 42.5. The van der Waals surface area contributed by atoms with E-state index in [1.54, 1.807) is 170 Å². The Hall–Kier alpha value is -8.75. The average molecular weight is 1080 g/mol. The monoisotopic (exact) mass is 1080 g/mol. The van der Waals surface area contributed by atoms with Crippen molar-refractivity contribution in [3.05, 3.63) is 265 Å². The fourth-order valence-electron chi connectivity index (χ4n) is 7.66. The Bertz CT molecular complexity index is 3650. The summed E-state index contributed by atoms with van der Waals surface area (Å²) < 4.78 is 88.1. The normalized spacial score (nSPS) is 11.3. The van der Waals surface area contributed by atoms with Gasteiger partial charge in [0, 0.05) is 0 Å². The van der Waals surface area contributed by atoms with Gasteiger partial charge in [-0.2, -0.15) is 0 Å². The smallest absolute Gasteiger partial charge is 0.206 e. The van der Waals surface area contributed by atoms with E-state index < -0.39 is 29.5 Å². The zero-order chi connectivity index (χ0) is 54.7. The van der Waals surface area contributed by atoms with Gasteiger partial charge >= 0.3 is 0 Å². The van der Waals surface area contributed by atoms with E-state index in [0.717, 1.165) is 44.5 Å². The molecule has 77 heavy (non-hydrogen) atoms. The first-order valence-corrected chi connectivity index (χ1v) is 28.7. The molecule has 0 aliphatic heterocycles. The van der Waals surface area contributed by atoms with Crippen molar-refractivity contribution in [1.29, 1.82) is 0 Å². The maximum absolute atomic E-state index is 12.9. The van der Waals surface area contributed by atoms with E-state index in [1.807, 2.05) is 100 Å². The third kappa shape index (κ3) is 14.0. The van der Waals surface area contributed by atoms with Gasteiger partial charge in [-0.1, -0.05) is 119 Å². The molecule has 10 aromatic carbocycles. The summed E-state index contributed by atoms with van der Waals surface area (Å²) >= 11 is 0. The van der Waals surface area contributed by atoms with Crippen LogP contribution in [-0.2, 0) is 29.5 Å². The van der Waals surface area contributed by atoms with Gasteiger partial charge in [0.1, 0.15) is 34.5 Å². The third-order valence-electron chi connectivity index (χ3n) is 12.2. The molecule has 0 bridgehead atoms. The van der Waals surface area contributed by atoms with Crippen LogP contribution in [0, 0.1) is 27.7 Å². The molecule has 0 heterocycles. The minimum atomic E-state index is -3.61. The van der Waals surface area contributed by atoms with Gasteiger partial charge in [-0.05, 0) is 196 Å². The van der Waals surface area contributed by atoms with E-state index in [0.29, 0.717) is 32.8 Å². The number of phenols is 2. The van der Waals surface area contributed by atoms with E-state index in [9.17, 15) is 25.3 Å². The minimum Gasteiger partial charge on any atom is -0.508 e. The van der Waals surface area contributed by atoms with E-state index >= 15 is 0 Å². The van der Waals surface area contributed by atoms with Crippen LogP contribution < -0.4 is 9.47 Å². The van der Waals surface area contributed by atoms with E-state index in [-0.39, 0.29) is 31.1 Å². The number of hydrogen-bond acceptors (Lipinski definition) is 10. The molecule has 0 saturated carbocycles. The van der Waals surface area contributed by atoms with Crippen molar-refractivity contribution in [3.63, 3.8) is 0 Å². The van der Waals surface area contributed by atoms with Crippen LogP contribution in [0.3, 0.4) is 0 Å². The molecule has 0 aliphatic rings. The number of aromatic hydroxyl groups is 2. The fourth-order valence-corrected chi connectivity index (χ4v) is 11.4. The van der Waals surface area contributed by atoms with E-state index in [4.69, 9.17) is 19.7 Å². The molecule has 10 aromatic rings. The Morgan fingerprint density at radius 2 is 0.390 bits per heavy atom. The number of sulfone groups is 3. The van der Waals surface area contributed by atoms with E-state index in [2.05, 4.69) is 0 Å². The van der Waals surface area contributed by atoms with Gasteiger partial charge in [0.15, 0.2) is 0 Å². The Balaban J connectivity index is 0.000000204. The summed E-state index contributed by atoms with van der Waals surface area (Å²) in [6.45, 7) is 7.69. The Morgan fingerprint density at radius 3 is 0.584 bits per heavy atom. The average Bonchev–Trinajstić information content (AvgIpc) is 3.43. The van der Waals surface area contributed by atoms with Crippen molar-refractivity contribution in [1.82, 2.24) is 0 Å². The maximum Gasteiger partial charge on any atom is 0.206 e. The Labute approximate surface area is 450 Å². The molecule has 2 N–H and O–H groups in total. The number of rotatable bonds is 12. The molecule has 0 saturated heterocycles. The highest BCUT2D eigenvalue weighted by Crippen LogP contribution is 2.32. The highest BCUT2D eigenvalue weighted by atomic mass is 32.2. The number of hydrogen-bond donors (Lipinski definition) is 2. The van der Waals surface area contributed by atoms with Crippen molar-refractivity contribution in [2.45, 2.75) is 57.1 Å². The second-order valence-electron chi connectivity index (χ2n) is 18.1. The predicted molar refractivity (Wildman–Crippen MR) is 301 cm³/mol. The topological polar surface area (TPSA) is 161 Å². The zero-order valence-corrected chi connectivity index (χ0v) is 44.9. The van der Waals surface area contributed by atoms with Crippen molar-refractivity contribution >= 4 is 29.5 Å². The molecular formula is C64H54O10S3. The minimum absolute atomic E-state index is 0.203. The summed E-state index contributed by atoms with van der Waals surface area (Å²) in [5.41, 5.74) is 8.07. The standard InChI is InChI=1S/C38H30O6S2.C14H14O2S.C12H10O2/c1-27-3-19-35(20-4-27)45(39,40)37-23-15-33(16-24-37)43-31-11-7-29(8-12-31)30-9-13-32(14-10-30)44-34-17-25-38(26-18-34)46(41,42)36-21-5-28(2)6-22-36;1-11-3-7-13(8-4-11)17(15,16)14-9-5-12(2)6-10-14;13-11-5-1-9(2-6-11)10-3-7-12(14)8-4-10/h3-26H,1-2H3;3-10H,1-2H3;1-8,13-14H. The molecular weight excluding hydrogens is 1020 g/mol. The molecule has 388 valence electrons. The first kappa shape index (κ1) is 54.5. The van der Waals surface area contributed by atoms with Gasteiger partial charge in [-0.3, -0.25) is 0 Å². The van der Waals surface area contributed by atoms with Crippen LogP contribution in [0.5, 0.6) is 34.5 Å². The van der Waals surface area contributed by atoms with Crippen LogP contribution >= 0.6 is 0 Å². The first-order valence-electron chi connectivity index (χ1n) is 24.2. The van der Waals surface area contributed by atoms with Crippen LogP contribution in [0.15, 0.2) is 272 Å². The lowest BCUT2D eigenvalue weighted by molar-refractivity contribution is 0.474. The predicted octanol–water partition coefficient (Wildman–Crippen LogP) is 15.1. The second kappa shape index (κ2) is 23.8. The lowest BCUT2D eigenvalue weighted by Crippen LogP contribution is -2.01.